The zero-order valence-corrected chi connectivity index (χ0v) is 87.3. The van der Waals surface area contributed by atoms with Crippen LogP contribution in [0.3, 0.4) is 0 Å². The third kappa shape index (κ3) is 22.3. The Morgan fingerprint density at radius 3 is 1.10 bits per heavy atom. The van der Waals surface area contributed by atoms with Gasteiger partial charge in [0.15, 0.2) is 13.4 Å². The standard InChI is InChI=1S/C50H39BN5.C45H37BN5.C29H20N5O.3Pt/c1-36-30-37(2)49(38(3)31-36)51(42-23-16-22-41(32-42)47-34-48(39-18-8-4-9-19-39)56(52-47)45-27-14-7-15-28-45)43-24-17-29-46(33-43)55-35-54(44-25-12-6-13-26-44)50(53-55)40-20-10-5-11-21-40;1-32-26-33(2)45(34(3)27-32)46(39-20-15-25-42(29-39)50-31-49(35(4)47-50)40-21-10-6-11-22-40)38-19-14-18-37(28-38)43-30-44(36-16-8-5-9-17-36)51(48-43)41-23-12-7-13-24-41;1-3-10-24(11-4-1)32-21-30-34(22-32)26-14-8-16-28(20-26)35-27-15-7-9-23(19-27)29-17-18-33(31-29)25-12-5-2-6-13-25;;;/h4-31,34-35H,1-3H3;5-27,30-31H,1-4H3;1-18,21-22H;;;/q3*-3;;;. The van der Waals surface area contributed by atoms with Crippen molar-refractivity contribution in [1.82, 2.24) is 29.3 Å². The van der Waals surface area contributed by atoms with E-state index in [1.165, 1.54) is 44.3 Å². The number of amidine groups is 2. The number of aromatic nitrogens is 6. The van der Waals surface area contributed by atoms with E-state index in [9.17, 15) is 0 Å². The van der Waals surface area contributed by atoms with Gasteiger partial charge in [-0.05, 0) is 132 Å². The molecule has 0 fully saturated rings. The van der Waals surface area contributed by atoms with E-state index in [0.717, 1.165) is 147 Å². The fourth-order valence-electron chi connectivity index (χ4n) is 18.7. The van der Waals surface area contributed by atoms with E-state index >= 15 is 0 Å². The van der Waals surface area contributed by atoms with Crippen molar-refractivity contribution >= 4 is 98.3 Å². The first kappa shape index (κ1) is 99.3. The number of benzene rings is 17. The van der Waals surface area contributed by atoms with Crippen LogP contribution in [-0.4, -0.2) is 60.8 Å². The average Bonchev–Trinajstić information content (AvgIpc) is 1.70. The molecule has 16 nitrogen and oxygen atoms in total. The zero-order valence-electron chi connectivity index (χ0n) is 80.5. The van der Waals surface area contributed by atoms with E-state index in [2.05, 4.69) is 328 Å². The molecule has 718 valence electrons. The minimum atomic E-state index is -0.147. The van der Waals surface area contributed by atoms with Crippen LogP contribution in [0, 0.1) is 97.9 Å². The third-order valence-corrected chi connectivity index (χ3v) is 25.2. The maximum atomic E-state index is 6.09. The summed E-state index contributed by atoms with van der Waals surface area (Å²) in [5.41, 5.74) is 33.4. The molecule has 20 aromatic rings. The van der Waals surface area contributed by atoms with Gasteiger partial charge in [0.1, 0.15) is 5.84 Å². The molecule has 21 heteroatoms. The van der Waals surface area contributed by atoms with Crippen molar-refractivity contribution in [2.45, 2.75) is 48.5 Å². The second kappa shape index (κ2) is 45.6. The first-order valence-corrected chi connectivity index (χ1v) is 47.4. The first-order chi connectivity index (χ1) is 69.7. The Morgan fingerprint density at radius 2 is 0.641 bits per heavy atom. The van der Waals surface area contributed by atoms with Crippen molar-refractivity contribution in [3.8, 4) is 84.8 Å². The molecule has 0 unspecified atom stereocenters. The predicted molar refractivity (Wildman–Crippen MR) is 583 cm³/mol. The zero-order chi connectivity index (χ0) is 96.4. The summed E-state index contributed by atoms with van der Waals surface area (Å²) in [7, 11) is 0. The van der Waals surface area contributed by atoms with E-state index in [1.54, 1.807) is 11.3 Å². The van der Waals surface area contributed by atoms with Crippen LogP contribution in [-0.2, 0) is 63.2 Å². The van der Waals surface area contributed by atoms with Crippen LogP contribution in [0.25, 0.3) is 73.3 Å². The number of hydrogen-bond acceptors (Lipinski definition) is 13. The first-order valence-electron chi connectivity index (χ1n) is 47.4. The van der Waals surface area contributed by atoms with Gasteiger partial charge in [-0.15, -0.1) is 134 Å². The van der Waals surface area contributed by atoms with Crippen molar-refractivity contribution in [1.29, 1.82) is 0 Å². The normalized spacial score (nSPS) is 12.4. The molecule has 0 bridgehead atoms. The number of hydrogen-bond donors (Lipinski definition) is 0. The summed E-state index contributed by atoms with van der Waals surface area (Å²) in [4.78, 5) is 6.19. The molecule has 0 N–H and O–H groups in total. The smallest absolute Gasteiger partial charge is 0.198 e. The number of aryl methyl sites for hydroxylation is 6. The fourth-order valence-corrected chi connectivity index (χ4v) is 18.7. The summed E-state index contributed by atoms with van der Waals surface area (Å²) in [6.45, 7) is 20.9. The van der Waals surface area contributed by atoms with Gasteiger partial charge in [0.25, 0.3) is 0 Å². The van der Waals surface area contributed by atoms with Crippen molar-refractivity contribution in [3.63, 3.8) is 0 Å². The van der Waals surface area contributed by atoms with Crippen molar-refractivity contribution in [2.24, 2.45) is 15.3 Å². The molecule has 0 saturated heterocycles. The molecule has 3 aromatic heterocycles. The molecule has 145 heavy (non-hydrogen) atoms. The van der Waals surface area contributed by atoms with Gasteiger partial charge in [0.05, 0.1) is 40.6 Å². The predicted octanol–water partition coefficient (Wildman–Crippen LogP) is 23.4. The van der Waals surface area contributed by atoms with E-state index in [1.807, 2.05) is 256 Å². The molecule has 3 aliphatic heterocycles. The Bertz CT molecular complexity index is 7780. The summed E-state index contributed by atoms with van der Waals surface area (Å²) in [5.74, 6) is 2.91. The minimum Gasteiger partial charge on any atom is -0.503 e. The molecule has 0 saturated carbocycles. The van der Waals surface area contributed by atoms with Gasteiger partial charge in [-0.25, -0.2) is 24.7 Å². The van der Waals surface area contributed by atoms with Gasteiger partial charge >= 0.3 is 0 Å². The van der Waals surface area contributed by atoms with Crippen LogP contribution in [0.2, 0.25) is 0 Å². The maximum Gasteiger partial charge on any atom is 0.198 e. The van der Waals surface area contributed by atoms with Crippen LogP contribution >= 0.6 is 0 Å². The van der Waals surface area contributed by atoms with Gasteiger partial charge in [-0.3, -0.25) is 4.68 Å². The minimum absolute atomic E-state index is 0. The van der Waals surface area contributed by atoms with Crippen molar-refractivity contribution in [3.05, 3.63) is 526 Å². The number of ether oxygens (including phenoxy) is 1. The summed E-state index contributed by atoms with van der Waals surface area (Å²) < 4.78 is 12.0. The van der Waals surface area contributed by atoms with Crippen LogP contribution in [0.1, 0.15) is 45.9 Å². The quantitative estimate of drug-likeness (QED) is 0.0452. The van der Waals surface area contributed by atoms with E-state index in [-0.39, 0.29) is 76.6 Å². The molecule has 0 atom stereocenters. The molecule has 0 amide bonds. The number of hydrazone groups is 3. The molecule has 0 radical (unpaired) electrons. The summed E-state index contributed by atoms with van der Waals surface area (Å²) in [6.07, 6.45) is 3.71. The van der Waals surface area contributed by atoms with Gasteiger partial charge in [0.2, 0.25) is 0 Å². The number of para-hydroxylation sites is 6. The van der Waals surface area contributed by atoms with Gasteiger partial charge in [-0.1, -0.05) is 310 Å². The van der Waals surface area contributed by atoms with Gasteiger partial charge < -0.3 is 34.5 Å². The second-order valence-corrected chi connectivity index (χ2v) is 35.2. The monoisotopic (exact) mass is 2420 g/mol. The number of rotatable bonds is 23. The Kier molecular flexibility index (Phi) is 31.2. The van der Waals surface area contributed by atoms with Crippen LogP contribution < -0.4 is 67.2 Å². The molecule has 0 aliphatic carbocycles. The Labute approximate surface area is 892 Å². The molecule has 23 rings (SSSR count). The molecule has 17 aromatic carbocycles. The van der Waals surface area contributed by atoms with Gasteiger partial charge in [0, 0.05) is 121 Å². The Morgan fingerprint density at radius 1 is 0.283 bits per heavy atom. The van der Waals surface area contributed by atoms with E-state index in [0.29, 0.717) is 11.5 Å². The van der Waals surface area contributed by atoms with E-state index < -0.39 is 0 Å². The van der Waals surface area contributed by atoms with Crippen molar-refractivity contribution < 1.29 is 67.9 Å². The topological polar surface area (TPSA) is 119 Å². The van der Waals surface area contributed by atoms with Crippen molar-refractivity contribution in [2.75, 3.05) is 29.7 Å². The summed E-state index contributed by atoms with van der Waals surface area (Å²) in [5, 5.41) is 35.2. The Hall–Kier alpha value is -15.8. The molecular weight excluding hydrogens is 2320 g/mol. The third-order valence-electron chi connectivity index (χ3n) is 25.2. The molecule has 6 heterocycles. The second-order valence-electron chi connectivity index (χ2n) is 35.2. The maximum absolute atomic E-state index is 6.09. The van der Waals surface area contributed by atoms with Gasteiger partial charge in [-0.2, -0.15) is 79.6 Å². The fraction of sp³-hybridized carbons (Fsp3) is 0.0565. The largest absolute Gasteiger partial charge is 0.503 e. The van der Waals surface area contributed by atoms with Crippen LogP contribution in [0.5, 0.6) is 11.5 Å². The number of anilines is 6. The SMILES string of the molecule is CC1=NN(c2[c-]c(B(c3[c-]c(-c4cc(-c5ccccc5)n(-c5ccccc5)n4)ccc3)c3c(C)cc(C)cc3C)ccc2)[CH-]N1c1ccccc1.Cc1cc(C)c(B(c2[c-]c(-c3cc(-c4ccccc4)n(-c4ccccc4)n3)ccc2)c2[c-]c(N3[CH-]N(c4ccccc4)C(c4ccccc4)=N3)ccc2)c(C)c1.[Pt].[Pt].[Pt].[c-]1c(Oc2[c-]c(N3[CH-]N(c4ccccc4)C=N3)ccc2)cccc1-c1ccn(-c2ccccc2)n1. The average molecular weight is 2420 g/mol. The van der Waals surface area contributed by atoms with Crippen LogP contribution in [0.4, 0.5) is 34.1 Å². The molecular formula is C124H96B2N15OPt3-9. The van der Waals surface area contributed by atoms with E-state index in [4.69, 9.17) is 25.1 Å². The number of nitrogens with zero attached hydrogens (tertiary/aromatic N) is 15. The Balaban J connectivity index is 0.000000145. The summed E-state index contributed by atoms with van der Waals surface area (Å²) in [6, 6.07) is 167. The summed E-state index contributed by atoms with van der Waals surface area (Å²) >= 11 is 0. The van der Waals surface area contributed by atoms with Crippen LogP contribution in [0.15, 0.2) is 446 Å². The molecule has 3 aliphatic rings. The molecule has 0 spiro atoms.